The van der Waals surface area contributed by atoms with E-state index < -0.39 is 6.10 Å². The fourth-order valence-electron chi connectivity index (χ4n) is 2.38. The molecule has 1 saturated carbocycles. The van der Waals surface area contributed by atoms with Crippen LogP contribution >= 0.6 is 0 Å². The number of carbonyl (C=O) groups is 1. The molecule has 0 aromatic rings. The minimum atomic E-state index is -0.508. The predicted octanol–water partition coefficient (Wildman–Crippen LogP) is 1.05. The SMILES string of the molecule is COC(CN)C(=O)NC(C)C1CCCCC1. The number of methoxy groups -OCH3 is 1. The quantitative estimate of drug-likeness (QED) is 0.739. The van der Waals surface area contributed by atoms with Gasteiger partial charge >= 0.3 is 0 Å². The number of amides is 1. The minimum absolute atomic E-state index is 0.0805. The van der Waals surface area contributed by atoms with Gasteiger partial charge in [-0.2, -0.15) is 0 Å². The van der Waals surface area contributed by atoms with Crippen molar-refractivity contribution in [1.82, 2.24) is 5.32 Å². The molecule has 0 aromatic carbocycles. The molecule has 1 aliphatic carbocycles. The van der Waals surface area contributed by atoms with Crippen molar-refractivity contribution in [2.24, 2.45) is 11.7 Å². The van der Waals surface area contributed by atoms with Crippen molar-refractivity contribution in [3.05, 3.63) is 0 Å². The van der Waals surface area contributed by atoms with Gasteiger partial charge in [0, 0.05) is 19.7 Å². The minimum Gasteiger partial charge on any atom is -0.370 e. The smallest absolute Gasteiger partial charge is 0.250 e. The van der Waals surface area contributed by atoms with E-state index in [1.807, 2.05) is 0 Å². The molecule has 16 heavy (non-hydrogen) atoms. The number of hydrogen-bond donors (Lipinski definition) is 2. The lowest BCUT2D eigenvalue weighted by molar-refractivity contribution is -0.131. The van der Waals surface area contributed by atoms with Gasteiger partial charge in [0.25, 0.3) is 5.91 Å². The zero-order chi connectivity index (χ0) is 12.0. The van der Waals surface area contributed by atoms with E-state index in [0.717, 1.165) is 0 Å². The molecule has 0 bridgehead atoms. The second-order valence-electron chi connectivity index (χ2n) is 4.66. The first-order valence-electron chi connectivity index (χ1n) is 6.22. The first kappa shape index (κ1) is 13.5. The zero-order valence-electron chi connectivity index (χ0n) is 10.4. The lowest BCUT2D eigenvalue weighted by atomic mass is 9.84. The molecule has 0 aromatic heterocycles. The average molecular weight is 228 g/mol. The number of rotatable bonds is 5. The summed E-state index contributed by atoms with van der Waals surface area (Å²) in [5.74, 6) is 0.538. The molecule has 0 heterocycles. The van der Waals surface area contributed by atoms with Crippen molar-refractivity contribution in [2.75, 3.05) is 13.7 Å². The van der Waals surface area contributed by atoms with E-state index in [-0.39, 0.29) is 18.5 Å². The van der Waals surface area contributed by atoms with E-state index in [1.54, 1.807) is 0 Å². The second-order valence-corrected chi connectivity index (χ2v) is 4.66. The Morgan fingerprint density at radius 3 is 2.56 bits per heavy atom. The van der Waals surface area contributed by atoms with Crippen LogP contribution in [0.1, 0.15) is 39.0 Å². The van der Waals surface area contributed by atoms with Crippen molar-refractivity contribution >= 4 is 5.91 Å². The molecule has 1 aliphatic rings. The van der Waals surface area contributed by atoms with Gasteiger partial charge in [-0.05, 0) is 25.7 Å². The fraction of sp³-hybridized carbons (Fsp3) is 0.917. The van der Waals surface area contributed by atoms with E-state index >= 15 is 0 Å². The molecule has 2 atom stereocenters. The van der Waals surface area contributed by atoms with Crippen LogP contribution in [0, 0.1) is 5.92 Å². The highest BCUT2D eigenvalue weighted by atomic mass is 16.5. The predicted molar refractivity (Wildman–Crippen MR) is 64.0 cm³/mol. The third-order valence-corrected chi connectivity index (χ3v) is 3.52. The molecule has 4 nitrogen and oxygen atoms in total. The van der Waals surface area contributed by atoms with Crippen LogP contribution in [0.4, 0.5) is 0 Å². The maximum atomic E-state index is 11.7. The Kier molecular flexibility index (Phi) is 5.77. The standard InChI is InChI=1S/C12H24N2O2/c1-9(10-6-4-3-5-7-10)14-12(15)11(8-13)16-2/h9-11H,3-8,13H2,1-2H3,(H,14,15). The molecule has 0 spiro atoms. The fourth-order valence-corrected chi connectivity index (χ4v) is 2.38. The van der Waals surface area contributed by atoms with E-state index in [2.05, 4.69) is 12.2 Å². The summed E-state index contributed by atoms with van der Waals surface area (Å²) in [5, 5.41) is 3.01. The molecule has 1 amide bonds. The average Bonchev–Trinajstić information content (AvgIpc) is 2.31. The maximum Gasteiger partial charge on any atom is 0.250 e. The highest BCUT2D eigenvalue weighted by Gasteiger charge is 2.24. The molecule has 1 fully saturated rings. The number of nitrogens with one attached hydrogen (secondary N) is 1. The van der Waals surface area contributed by atoms with Gasteiger partial charge < -0.3 is 15.8 Å². The largest absolute Gasteiger partial charge is 0.370 e. The molecule has 4 heteroatoms. The third-order valence-electron chi connectivity index (χ3n) is 3.52. The van der Waals surface area contributed by atoms with Gasteiger partial charge in [0.15, 0.2) is 0 Å². The Balaban J connectivity index is 2.36. The molecule has 94 valence electrons. The summed E-state index contributed by atoms with van der Waals surface area (Å²) in [6.45, 7) is 2.32. The van der Waals surface area contributed by atoms with Gasteiger partial charge in [0.05, 0.1) is 0 Å². The number of ether oxygens (including phenoxy) is 1. The van der Waals surface area contributed by atoms with Gasteiger partial charge in [-0.1, -0.05) is 19.3 Å². The summed E-state index contributed by atoms with van der Waals surface area (Å²) in [5.41, 5.74) is 5.45. The molecular weight excluding hydrogens is 204 g/mol. The molecule has 0 aliphatic heterocycles. The summed E-state index contributed by atoms with van der Waals surface area (Å²) < 4.78 is 5.01. The zero-order valence-corrected chi connectivity index (χ0v) is 10.4. The molecule has 2 unspecified atom stereocenters. The summed E-state index contributed by atoms with van der Waals surface area (Å²) >= 11 is 0. The second kappa shape index (κ2) is 6.86. The summed E-state index contributed by atoms with van der Waals surface area (Å²) in [6.07, 6.45) is 5.85. The van der Waals surface area contributed by atoms with Crippen molar-refractivity contribution in [2.45, 2.75) is 51.2 Å². The maximum absolute atomic E-state index is 11.7. The van der Waals surface area contributed by atoms with Crippen LogP contribution in [0.2, 0.25) is 0 Å². The van der Waals surface area contributed by atoms with Crippen molar-refractivity contribution in [3.63, 3.8) is 0 Å². The lowest BCUT2D eigenvalue weighted by Gasteiger charge is -2.29. The number of carbonyl (C=O) groups excluding carboxylic acids is 1. The van der Waals surface area contributed by atoms with Crippen LogP contribution in [0.25, 0.3) is 0 Å². The van der Waals surface area contributed by atoms with E-state index in [0.29, 0.717) is 5.92 Å². The first-order chi connectivity index (χ1) is 7.69. The van der Waals surface area contributed by atoms with E-state index in [4.69, 9.17) is 10.5 Å². The van der Waals surface area contributed by atoms with Gasteiger partial charge in [-0.25, -0.2) is 0 Å². The van der Waals surface area contributed by atoms with Gasteiger partial charge in [-0.3, -0.25) is 4.79 Å². The number of hydrogen-bond acceptors (Lipinski definition) is 3. The normalized spacial score (nSPS) is 21.4. The molecule has 3 N–H and O–H groups in total. The summed E-state index contributed by atoms with van der Waals surface area (Å²) in [7, 11) is 1.52. The van der Waals surface area contributed by atoms with Crippen molar-refractivity contribution < 1.29 is 9.53 Å². The van der Waals surface area contributed by atoms with Crippen LogP contribution < -0.4 is 11.1 Å². The third kappa shape index (κ3) is 3.76. The lowest BCUT2D eigenvalue weighted by Crippen LogP contribution is -2.47. The monoisotopic (exact) mass is 228 g/mol. The van der Waals surface area contributed by atoms with Crippen LogP contribution in [0.5, 0.6) is 0 Å². The van der Waals surface area contributed by atoms with Crippen LogP contribution in [0.3, 0.4) is 0 Å². The highest BCUT2D eigenvalue weighted by Crippen LogP contribution is 2.26. The molecule has 0 radical (unpaired) electrons. The summed E-state index contributed by atoms with van der Waals surface area (Å²) in [6, 6.07) is 0.233. The Hall–Kier alpha value is -0.610. The van der Waals surface area contributed by atoms with Gasteiger partial charge in [-0.15, -0.1) is 0 Å². The molecular formula is C12H24N2O2. The molecule has 0 saturated heterocycles. The Morgan fingerprint density at radius 1 is 1.44 bits per heavy atom. The Bertz CT molecular complexity index is 211. The summed E-state index contributed by atoms with van der Waals surface area (Å²) in [4.78, 5) is 11.7. The van der Waals surface area contributed by atoms with Gasteiger partial charge in [0.2, 0.25) is 0 Å². The van der Waals surface area contributed by atoms with Crippen molar-refractivity contribution in [3.8, 4) is 0 Å². The van der Waals surface area contributed by atoms with Gasteiger partial charge in [0.1, 0.15) is 6.10 Å². The highest BCUT2D eigenvalue weighted by molar-refractivity contribution is 5.81. The van der Waals surface area contributed by atoms with Crippen LogP contribution in [-0.4, -0.2) is 31.7 Å². The van der Waals surface area contributed by atoms with E-state index in [1.165, 1.54) is 39.2 Å². The van der Waals surface area contributed by atoms with Crippen LogP contribution in [-0.2, 0) is 9.53 Å². The topological polar surface area (TPSA) is 64.3 Å². The number of nitrogens with two attached hydrogens (primary N) is 1. The molecule has 1 rings (SSSR count). The Labute approximate surface area is 97.9 Å². The van der Waals surface area contributed by atoms with Crippen molar-refractivity contribution in [1.29, 1.82) is 0 Å². The van der Waals surface area contributed by atoms with E-state index in [9.17, 15) is 4.79 Å². The van der Waals surface area contributed by atoms with Crippen LogP contribution in [0.15, 0.2) is 0 Å². The Morgan fingerprint density at radius 2 is 2.06 bits per heavy atom. The first-order valence-corrected chi connectivity index (χ1v) is 6.22.